The van der Waals surface area contributed by atoms with E-state index in [-0.39, 0.29) is 11.4 Å². The molecule has 0 saturated carbocycles. The van der Waals surface area contributed by atoms with Gasteiger partial charge in [0.2, 0.25) is 6.23 Å². The Hall–Kier alpha value is -3.30. The van der Waals surface area contributed by atoms with Crippen molar-refractivity contribution in [2.75, 3.05) is 11.9 Å². The fourth-order valence-corrected chi connectivity index (χ4v) is 2.42. The zero-order chi connectivity index (χ0) is 18.9. The standard InChI is InChI=1S/C16H11F3N2O5/c17-16(18,19)8-25-11-6-9(5-10(7-11)21(23)24)20-14-12-3-1-2-4-13(12)15(22)26-14/h1-7,14,20H,8H2/t14-/m1/s1. The van der Waals surface area contributed by atoms with Crippen LogP contribution < -0.4 is 10.1 Å². The molecule has 0 bridgehead atoms. The lowest BCUT2D eigenvalue weighted by Crippen LogP contribution is -2.19. The molecule has 0 fully saturated rings. The fraction of sp³-hybridized carbons (Fsp3) is 0.188. The molecule has 136 valence electrons. The third kappa shape index (κ3) is 3.85. The van der Waals surface area contributed by atoms with Crippen molar-refractivity contribution in [3.05, 3.63) is 63.7 Å². The van der Waals surface area contributed by atoms with Crippen molar-refractivity contribution < 1.29 is 32.4 Å². The zero-order valence-electron chi connectivity index (χ0n) is 12.9. The van der Waals surface area contributed by atoms with E-state index in [1.54, 1.807) is 24.3 Å². The van der Waals surface area contributed by atoms with Gasteiger partial charge in [0.25, 0.3) is 5.69 Å². The summed E-state index contributed by atoms with van der Waals surface area (Å²) in [5.41, 5.74) is 0.460. The highest BCUT2D eigenvalue weighted by Gasteiger charge is 2.31. The van der Waals surface area contributed by atoms with E-state index >= 15 is 0 Å². The summed E-state index contributed by atoms with van der Waals surface area (Å²) in [5.74, 6) is -0.909. The van der Waals surface area contributed by atoms with Crippen LogP contribution in [0.4, 0.5) is 24.5 Å². The average molecular weight is 368 g/mol. The molecular weight excluding hydrogens is 357 g/mol. The number of alkyl halides is 3. The van der Waals surface area contributed by atoms with Crippen LogP contribution in [0.5, 0.6) is 5.75 Å². The maximum Gasteiger partial charge on any atom is 0.422 e. The van der Waals surface area contributed by atoms with Gasteiger partial charge in [0, 0.05) is 23.4 Å². The van der Waals surface area contributed by atoms with E-state index in [0.717, 1.165) is 18.2 Å². The number of nitrogens with zero attached hydrogens (tertiary/aromatic N) is 1. The topological polar surface area (TPSA) is 90.7 Å². The highest BCUT2D eigenvalue weighted by molar-refractivity contribution is 5.94. The number of hydrogen-bond acceptors (Lipinski definition) is 6. The molecule has 0 radical (unpaired) electrons. The van der Waals surface area contributed by atoms with Crippen LogP contribution in [0, 0.1) is 10.1 Å². The van der Waals surface area contributed by atoms with Gasteiger partial charge in [-0.1, -0.05) is 18.2 Å². The Bertz CT molecular complexity index is 869. The molecular formula is C16H11F3N2O5. The summed E-state index contributed by atoms with van der Waals surface area (Å²) < 4.78 is 46.6. The number of nitrogens with one attached hydrogen (secondary N) is 1. The Morgan fingerprint density at radius 1 is 1.23 bits per heavy atom. The van der Waals surface area contributed by atoms with Crippen molar-refractivity contribution >= 4 is 17.3 Å². The molecule has 0 spiro atoms. The monoisotopic (exact) mass is 368 g/mol. The van der Waals surface area contributed by atoms with Crippen LogP contribution in [0.15, 0.2) is 42.5 Å². The Labute approximate surface area is 144 Å². The first-order valence-corrected chi connectivity index (χ1v) is 7.28. The first kappa shape index (κ1) is 17.5. The van der Waals surface area contributed by atoms with Crippen LogP contribution in [0.1, 0.15) is 22.1 Å². The average Bonchev–Trinajstić information content (AvgIpc) is 2.88. The van der Waals surface area contributed by atoms with E-state index in [9.17, 15) is 28.1 Å². The molecule has 0 saturated heterocycles. The fourth-order valence-electron chi connectivity index (χ4n) is 2.42. The molecule has 26 heavy (non-hydrogen) atoms. The van der Waals surface area contributed by atoms with Crippen LogP contribution >= 0.6 is 0 Å². The molecule has 2 aromatic carbocycles. The second-order valence-corrected chi connectivity index (χ2v) is 5.39. The number of halogens is 3. The molecule has 1 N–H and O–H groups in total. The number of nitro groups is 1. The number of hydrogen-bond donors (Lipinski definition) is 1. The smallest absolute Gasteiger partial charge is 0.422 e. The van der Waals surface area contributed by atoms with Crippen LogP contribution in [0.25, 0.3) is 0 Å². The number of carbonyl (C=O) groups excluding carboxylic acids is 1. The van der Waals surface area contributed by atoms with Crippen LogP contribution in [0.3, 0.4) is 0 Å². The number of rotatable bonds is 5. The molecule has 1 atom stereocenters. The van der Waals surface area contributed by atoms with Crippen molar-refractivity contribution in [3.63, 3.8) is 0 Å². The van der Waals surface area contributed by atoms with Gasteiger partial charge < -0.3 is 14.8 Å². The van der Waals surface area contributed by atoms with Gasteiger partial charge in [0.15, 0.2) is 6.61 Å². The molecule has 0 amide bonds. The van der Waals surface area contributed by atoms with Crippen molar-refractivity contribution in [3.8, 4) is 5.75 Å². The summed E-state index contributed by atoms with van der Waals surface area (Å²) >= 11 is 0. The summed E-state index contributed by atoms with van der Waals surface area (Å²) in [5, 5.41) is 13.8. The van der Waals surface area contributed by atoms with E-state index in [1.165, 1.54) is 0 Å². The maximum atomic E-state index is 12.3. The van der Waals surface area contributed by atoms with E-state index in [1.807, 2.05) is 0 Å². The molecule has 1 aliphatic rings. The second kappa shape index (κ2) is 6.54. The van der Waals surface area contributed by atoms with Gasteiger partial charge in [-0.2, -0.15) is 13.2 Å². The molecule has 7 nitrogen and oxygen atoms in total. The van der Waals surface area contributed by atoms with Gasteiger partial charge in [-0.25, -0.2) is 4.79 Å². The van der Waals surface area contributed by atoms with Gasteiger partial charge >= 0.3 is 12.1 Å². The molecule has 3 rings (SSSR count). The summed E-state index contributed by atoms with van der Waals surface area (Å²) in [7, 11) is 0. The number of cyclic esters (lactones) is 1. The lowest BCUT2D eigenvalue weighted by atomic mass is 10.1. The Balaban J connectivity index is 1.86. The minimum Gasteiger partial charge on any atom is -0.484 e. The minimum absolute atomic E-state index is 0.0749. The predicted octanol–water partition coefficient (Wildman–Crippen LogP) is 3.82. The van der Waals surface area contributed by atoms with E-state index < -0.39 is 35.6 Å². The number of benzene rings is 2. The molecule has 0 aliphatic carbocycles. The van der Waals surface area contributed by atoms with E-state index in [2.05, 4.69) is 10.1 Å². The normalized spacial score (nSPS) is 16.0. The molecule has 10 heteroatoms. The van der Waals surface area contributed by atoms with Crippen LogP contribution in [-0.4, -0.2) is 23.7 Å². The number of carbonyl (C=O) groups is 1. The zero-order valence-corrected chi connectivity index (χ0v) is 12.9. The van der Waals surface area contributed by atoms with E-state index in [4.69, 9.17) is 4.74 Å². The summed E-state index contributed by atoms with van der Waals surface area (Å²) in [4.78, 5) is 22.0. The van der Waals surface area contributed by atoms with Crippen LogP contribution in [-0.2, 0) is 4.74 Å². The van der Waals surface area contributed by atoms with Gasteiger partial charge in [-0.05, 0) is 6.07 Å². The van der Waals surface area contributed by atoms with E-state index in [0.29, 0.717) is 11.1 Å². The van der Waals surface area contributed by atoms with Crippen LogP contribution in [0.2, 0.25) is 0 Å². The highest BCUT2D eigenvalue weighted by atomic mass is 19.4. The third-order valence-corrected chi connectivity index (χ3v) is 3.49. The third-order valence-electron chi connectivity index (χ3n) is 3.49. The van der Waals surface area contributed by atoms with Gasteiger partial charge in [0.05, 0.1) is 16.6 Å². The van der Waals surface area contributed by atoms with Gasteiger partial charge in [-0.3, -0.25) is 10.1 Å². The number of non-ortho nitro benzene ring substituents is 1. The number of anilines is 1. The molecule has 2 aromatic rings. The first-order chi connectivity index (χ1) is 12.2. The number of nitro benzene ring substituents is 1. The molecule has 0 unspecified atom stereocenters. The maximum absolute atomic E-state index is 12.3. The quantitative estimate of drug-likeness (QED) is 0.490. The highest BCUT2D eigenvalue weighted by Crippen LogP contribution is 2.34. The second-order valence-electron chi connectivity index (χ2n) is 5.39. The molecule has 0 aromatic heterocycles. The Morgan fingerprint density at radius 3 is 2.65 bits per heavy atom. The SMILES string of the molecule is O=C1O[C@@H](Nc2cc(OCC(F)(F)F)cc([N+](=O)[O-])c2)c2ccccc21. The molecule has 1 heterocycles. The number of ether oxygens (including phenoxy) is 2. The van der Waals surface area contributed by atoms with Gasteiger partial charge in [0.1, 0.15) is 5.75 Å². The first-order valence-electron chi connectivity index (χ1n) is 7.28. The Kier molecular flexibility index (Phi) is 4.41. The lowest BCUT2D eigenvalue weighted by molar-refractivity contribution is -0.384. The van der Waals surface area contributed by atoms with Gasteiger partial charge in [-0.15, -0.1) is 0 Å². The Morgan fingerprint density at radius 2 is 1.96 bits per heavy atom. The largest absolute Gasteiger partial charge is 0.484 e. The van der Waals surface area contributed by atoms with Crippen molar-refractivity contribution in [1.29, 1.82) is 0 Å². The van der Waals surface area contributed by atoms with Crippen molar-refractivity contribution in [2.45, 2.75) is 12.4 Å². The number of fused-ring (bicyclic) bond motifs is 1. The van der Waals surface area contributed by atoms with Crippen molar-refractivity contribution in [2.24, 2.45) is 0 Å². The minimum atomic E-state index is -4.59. The lowest BCUT2D eigenvalue weighted by Gasteiger charge is -2.16. The summed E-state index contributed by atoms with van der Waals surface area (Å²) in [6.45, 7) is -1.59. The molecule has 1 aliphatic heterocycles. The summed E-state index contributed by atoms with van der Waals surface area (Å²) in [6.07, 6.45) is -5.51. The number of esters is 1. The summed E-state index contributed by atoms with van der Waals surface area (Å²) in [6, 6.07) is 9.68. The van der Waals surface area contributed by atoms with Crippen molar-refractivity contribution in [1.82, 2.24) is 0 Å². The predicted molar refractivity (Wildman–Crippen MR) is 82.9 cm³/mol.